The summed E-state index contributed by atoms with van der Waals surface area (Å²) in [6, 6.07) is 0. The highest BCUT2D eigenvalue weighted by atomic mass is 16.3. The van der Waals surface area contributed by atoms with Crippen molar-refractivity contribution < 1.29 is 5.11 Å². The zero-order valence-corrected chi connectivity index (χ0v) is 18.5. The summed E-state index contributed by atoms with van der Waals surface area (Å²) in [6.45, 7) is 9.97. The third-order valence-corrected chi connectivity index (χ3v) is 9.86. The van der Waals surface area contributed by atoms with Gasteiger partial charge in [-0.25, -0.2) is 0 Å². The lowest BCUT2D eigenvalue weighted by Gasteiger charge is -2.58. The Morgan fingerprint density at radius 2 is 1.82 bits per heavy atom. The predicted octanol–water partition coefficient (Wildman–Crippen LogP) is 7.78. The van der Waals surface area contributed by atoms with Crippen molar-refractivity contribution in [1.29, 1.82) is 0 Å². The summed E-state index contributed by atoms with van der Waals surface area (Å²) in [4.78, 5) is 0. The standard InChI is InChI=1S/C26H44O.CH4/c1-18(2)7-5-6-8-19-10-12-23-22-11-9-20-17-21(27)13-15-26(20,4)24(22)14-16-25(19,23)3;/h9,18-19,21-24,27H,5-8,10-17H2,1-4H3;1H4/t19-,21?,22-,23-,24-,25+,26-;/m0./s1. The highest BCUT2D eigenvalue weighted by molar-refractivity contribution is 5.25. The van der Waals surface area contributed by atoms with Crippen LogP contribution >= 0.6 is 0 Å². The van der Waals surface area contributed by atoms with Gasteiger partial charge >= 0.3 is 0 Å². The van der Waals surface area contributed by atoms with Gasteiger partial charge < -0.3 is 5.11 Å². The van der Waals surface area contributed by atoms with E-state index < -0.39 is 0 Å². The number of aliphatic hydroxyl groups is 1. The molecule has 4 rings (SSSR count). The molecule has 0 spiro atoms. The summed E-state index contributed by atoms with van der Waals surface area (Å²) >= 11 is 0. The third-order valence-electron chi connectivity index (χ3n) is 9.86. The van der Waals surface area contributed by atoms with Crippen molar-refractivity contribution in [1.82, 2.24) is 0 Å². The number of hydrogen-bond donors (Lipinski definition) is 1. The molecule has 1 N–H and O–H groups in total. The van der Waals surface area contributed by atoms with Crippen LogP contribution in [0.15, 0.2) is 11.6 Å². The fraction of sp³-hybridized carbons (Fsp3) is 0.926. The van der Waals surface area contributed by atoms with E-state index in [9.17, 15) is 5.11 Å². The smallest absolute Gasteiger partial charge is 0.0577 e. The molecule has 0 amide bonds. The number of allylic oxidation sites excluding steroid dienone is 1. The third kappa shape index (κ3) is 3.75. The van der Waals surface area contributed by atoms with Crippen LogP contribution < -0.4 is 0 Å². The second-order valence-corrected chi connectivity index (χ2v) is 11.7. The van der Waals surface area contributed by atoms with Crippen LogP contribution in [0.3, 0.4) is 0 Å². The maximum atomic E-state index is 10.2. The average Bonchev–Trinajstić information content (AvgIpc) is 2.96. The van der Waals surface area contributed by atoms with Crippen molar-refractivity contribution in [2.24, 2.45) is 40.4 Å². The van der Waals surface area contributed by atoms with Gasteiger partial charge in [-0.15, -0.1) is 0 Å². The van der Waals surface area contributed by atoms with Gasteiger partial charge in [-0.2, -0.15) is 0 Å². The Balaban J connectivity index is 0.00000225. The molecule has 3 saturated carbocycles. The highest BCUT2D eigenvalue weighted by Gasteiger charge is 2.58. The molecule has 0 heterocycles. The van der Waals surface area contributed by atoms with Crippen LogP contribution in [0.4, 0.5) is 0 Å². The van der Waals surface area contributed by atoms with E-state index in [-0.39, 0.29) is 13.5 Å². The Kier molecular flexibility index (Phi) is 6.75. The molecule has 0 saturated heterocycles. The SMILES string of the molecule is C.CC(C)CCCC[C@H]1CC[C@H]2[C@@H]3CC=C4CC(O)CC[C@]4(C)[C@H]3CC[C@]12C. The number of unbranched alkanes of at least 4 members (excludes halogenated alkanes) is 1. The molecule has 0 aromatic carbocycles. The number of rotatable bonds is 5. The summed E-state index contributed by atoms with van der Waals surface area (Å²) in [7, 11) is 0. The molecule has 1 nitrogen and oxygen atoms in total. The van der Waals surface area contributed by atoms with E-state index in [2.05, 4.69) is 33.8 Å². The molecule has 162 valence electrons. The van der Waals surface area contributed by atoms with Crippen LogP contribution in [0.25, 0.3) is 0 Å². The van der Waals surface area contributed by atoms with E-state index in [1.54, 1.807) is 5.57 Å². The second-order valence-electron chi connectivity index (χ2n) is 11.7. The molecule has 1 unspecified atom stereocenters. The van der Waals surface area contributed by atoms with Crippen molar-refractivity contribution in [3.8, 4) is 0 Å². The van der Waals surface area contributed by atoms with Gasteiger partial charge in [0.15, 0.2) is 0 Å². The van der Waals surface area contributed by atoms with Crippen LogP contribution in [-0.4, -0.2) is 11.2 Å². The van der Waals surface area contributed by atoms with Gasteiger partial charge in [0.2, 0.25) is 0 Å². The fourth-order valence-corrected chi connectivity index (χ4v) is 8.17. The topological polar surface area (TPSA) is 20.2 Å². The van der Waals surface area contributed by atoms with Gasteiger partial charge in [-0.3, -0.25) is 0 Å². The van der Waals surface area contributed by atoms with Crippen LogP contribution in [0.2, 0.25) is 0 Å². The Morgan fingerprint density at radius 1 is 1.04 bits per heavy atom. The van der Waals surface area contributed by atoms with Gasteiger partial charge in [0, 0.05) is 0 Å². The lowest BCUT2D eigenvalue weighted by molar-refractivity contribution is -0.0508. The molecular formula is C27H48O. The van der Waals surface area contributed by atoms with E-state index in [0.717, 1.165) is 42.4 Å². The van der Waals surface area contributed by atoms with Crippen molar-refractivity contribution in [2.45, 2.75) is 118 Å². The van der Waals surface area contributed by atoms with E-state index >= 15 is 0 Å². The predicted molar refractivity (Wildman–Crippen MR) is 121 cm³/mol. The number of aliphatic hydroxyl groups excluding tert-OH is 1. The van der Waals surface area contributed by atoms with Gasteiger partial charge in [-0.05, 0) is 98.2 Å². The monoisotopic (exact) mass is 388 g/mol. The maximum Gasteiger partial charge on any atom is 0.0577 e. The molecule has 0 aromatic heterocycles. The normalized spacial score (nSPS) is 44.9. The molecule has 3 fully saturated rings. The molecule has 1 heteroatoms. The Bertz CT molecular complexity index is 563. The molecule has 0 radical (unpaired) electrons. The first-order chi connectivity index (χ1) is 12.8. The zero-order valence-electron chi connectivity index (χ0n) is 18.5. The first-order valence-corrected chi connectivity index (χ1v) is 12.2. The van der Waals surface area contributed by atoms with Crippen LogP contribution in [0.5, 0.6) is 0 Å². The quantitative estimate of drug-likeness (QED) is 0.376. The molecule has 4 aliphatic carbocycles. The first-order valence-electron chi connectivity index (χ1n) is 12.2. The van der Waals surface area contributed by atoms with Crippen LogP contribution in [-0.2, 0) is 0 Å². The van der Waals surface area contributed by atoms with Crippen molar-refractivity contribution in [2.75, 3.05) is 0 Å². The molecule has 4 aliphatic rings. The van der Waals surface area contributed by atoms with E-state index in [1.807, 2.05) is 0 Å². The van der Waals surface area contributed by atoms with Crippen molar-refractivity contribution in [3.05, 3.63) is 11.6 Å². The molecule has 28 heavy (non-hydrogen) atoms. The second kappa shape index (κ2) is 8.44. The Hall–Kier alpha value is -0.300. The minimum absolute atomic E-state index is 0. The van der Waals surface area contributed by atoms with E-state index in [0.29, 0.717) is 10.8 Å². The highest BCUT2D eigenvalue weighted by Crippen LogP contribution is 2.66. The number of fused-ring (bicyclic) bond motifs is 5. The first kappa shape index (κ1) is 22.4. The Morgan fingerprint density at radius 3 is 2.57 bits per heavy atom. The van der Waals surface area contributed by atoms with Gasteiger partial charge in [0.05, 0.1) is 6.10 Å². The summed E-state index contributed by atoms with van der Waals surface area (Å²) < 4.78 is 0. The van der Waals surface area contributed by atoms with Gasteiger partial charge in [-0.1, -0.05) is 66.0 Å². The molecule has 7 atom stereocenters. The molecule has 0 aromatic rings. The zero-order chi connectivity index (χ0) is 19.2. The van der Waals surface area contributed by atoms with Crippen LogP contribution in [0, 0.1) is 40.4 Å². The Labute approximate surface area is 175 Å². The largest absolute Gasteiger partial charge is 0.393 e. The molecule has 0 bridgehead atoms. The minimum atomic E-state index is -0.0727. The number of hydrogen-bond acceptors (Lipinski definition) is 1. The van der Waals surface area contributed by atoms with Crippen molar-refractivity contribution >= 4 is 0 Å². The van der Waals surface area contributed by atoms with Crippen molar-refractivity contribution in [3.63, 3.8) is 0 Å². The van der Waals surface area contributed by atoms with Gasteiger partial charge in [0.1, 0.15) is 0 Å². The average molecular weight is 389 g/mol. The lowest BCUT2D eigenvalue weighted by Crippen LogP contribution is -2.50. The summed E-state index contributed by atoms with van der Waals surface area (Å²) in [5.41, 5.74) is 2.64. The fourth-order valence-electron chi connectivity index (χ4n) is 8.17. The summed E-state index contributed by atoms with van der Waals surface area (Å²) in [5.74, 6) is 4.64. The van der Waals surface area contributed by atoms with E-state index in [4.69, 9.17) is 0 Å². The van der Waals surface area contributed by atoms with Gasteiger partial charge in [0.25, 0.3) is 0 Å². The molecule has 0 aliphatic heterocycles. The maximum absolute atomic E-state index is 10.2. The minimum Gasteiger partial charge on any atom is -0.393 e. The van der Waals surface area contributed by atoms with E-state index in [1.165, 1.54) is 64.2 Å². The van der Waals surface area contributed by atoms with Crippen LogP contribution in [0.1, 0.15) is 112 Å². The summed E-state index contributed by atoms with van der Waals surface area (Å²) in [6.07, 6.45) is 18.7. The lowest BCUT2D eigenvalue weighted by atomic mass is 9.47. The summed E-state index contributed by atoms with van der Waals surface area (Å²) in [5, 5.41) is 10.2. The molecular weight excluding hydrogens is 340 g/mol.